The van der Waals surface area contributed by atoms with Gasteiger partial charge in [-0.05, 0) is 31.2 Å². The zero-order valence-corrected chi connectivity index (χ0v) is 19.1. The molecule has 0 aliphatic heterocycles. The Kier molecular flexibility index (Phi) is 4.84. The smallest absolute Gasteiger partial charge is 0.224 e. The van der Waals surface area contributed by atoms with Crippen LogP contribution < -0.4 is 5.32 Å². The summed E-state index contributed by atoms with van der Waals surface area (Å²) in [5.41, 5.74) is 7.30. The highest BCUT2D eigenvalue weighted by Gasteiger charge is 2.15. The van der Waals surface area contributed by atoms with E-state index < -0.39 is 0 Å². The number of imidazole rings is 1. The van der Waals surface area contributed by atoms with Gasteiger partial charge < -0.3 is 14.9 Å². The number of nitrogens with zero attached hydrogens (tertiary/aromatic N) is 6. The number of aromatic nitrogens is 8. The highest BCUT2D eigenvalue weighted by Crippen LogP contribution is 2.32. The van der Waals surface area contributed by atoms with Gasteiger partial charge in [-0.15, -0.1) is 0 Å². The van der Waals surface area contributed by atoms with Crippen LogP contribution in [0.3, 0.4) is 0 Å². The van der Waals surface area contributed by atoms with Gasteiger partial charge in [-0.2, -0.15) is 5.10 Å². The summed E-state index contributed by atoms with van der Waals surface area (Å²) in [6, 6.07) is 7.91. The van der Waals surface area contributed by atoms with Gasteiger partial charge in [0.2, 0.25) is 5.91 Å². The first-order valence-corrected chi connectivity index (χ1v) is 11.2. The van der Waals surface area contributed by atoms with E-state index in [4.69, 9.17) is 0 Å². The molecule has 10 nitrogen and oxygen atoms in total. The molecule has 0 unspecified atom stereocenters. The van der Waals surface area contributed by atoms with Gasteiger partial charge >= 0.3 is 0 Å². The topological polar surface area (TPSA) is 130 Å². The summed E-state index contributed by atoms with van der Waals surface area (Å²) in [4.78, 5) is 32.8. The first kappa shape index (κ1) is 20.7. The van der Waals surface area contributed by atoms with Crippen molar-refractivity contribution in [2.75, 3.05) is 5.32 Å². The lowest BCUT2D eigenvalue weighted by molar-refractivity contribution is -0.115. The highest BCUT2D eigenvalue weighted by atomic mass is 16.1. The summed E-state index contributed by atoms with van der Waals surface area (Å²) < 4.78 is 1.99. The Morgan fingerprint density at radius 1 is 1.06 bits per heavy atom. The standard InChI is InChI=1S/C25H21N9O/c1-3-22(35)30-17-6-15(9-26-11-17)16-7-19-23(32-33-25(19)28-10-16)20-8-18-21(4-5-27-24(18)31-20)34-12-14(2)29-13-34/h4-13H,3H2,1-2H3,(H,27,31)(H,30,35)(H,28,32,33). The molecular weight excluding hydrogens is 442 g/mol. The monoisotopic (exact) mass is 463 g/mol. The number of aromatic amines is 2. The van der Waals surface area contributed by atoms with Crippen molar-refractivity contribution in [1.82, 2.24) is 39.7 Å². The lowest BCUT2D eigenvalue weighted by Crippen LogP contribution is -2.09. The summed E-state index contributed by atoms with van der Waals surface area (Å²) >= 11 is 0. The van der Waals surface area contributed by atoms with Gasteiger partial charge in [0.1, 0.15) is 5.65 Å². The molecule has 35 heavy (non-hydrogen) atoms. The molecule has 0 bridgehead atoms. The van der Waals surface area contributed by atoms with E-state index in [1.165, 1.54) is 0 Å². The number of carbonyl (C=O) groups excluding carboxylic acids is 1. The zero-order chi connectivity index (χ0) is 23.9. The summed E-state index contributed by atoms with van der Waals surface area (Å²) in [6.45, 7) is 3.77. The third-order valence-electron chi connectivity index (χ3n) is 5.85. The van der Waals surface area contributed by atoms with E-state index in [0.717, 1.165) is 50.3 Å². The lowest BCUT2D eigenvalue weighted by atomic mass is 10.1. The molecular formula is C25H21N9O. The van der Waals surface area contributed by atoms with Gasteiger partial charge in [0.05, 0.1) is 41.0 Å². The number of H-pyrrole nitrogens is 2. The number of fused-ring (bicyclic) bond motifs is 2. The largest absolute Gasteiger partial charge is 0.338 e. The average molecular weight is 464 g/mol. The SMILES string of the molecule is CCC(=O)Nc1cncc(-c2cnc3n[nH]c(-c4cc5c(-n6cnc(C)c6)ccnc5[nH]4)c3c2)c1. The normalized spacial score (nSPS) is 11.4. The van der Waals surface area contributed by atoms with Crippen LogP contribution in [0.2, 0.25) is 0 Å². The van der Waals surface area contributed by atoms with Crippen LogP contribution in [-0.4, -0.2) is 45.6 Å². The molecule has 0 saturated heterocycles. The Labute approximate surface area is 199 Å². The highest BCUT2D eigenvalue weighted by molar-refractivity contribution is 5.97. The molecule has 0 aliphatic rings. The number of hydrogen-bond donors (Lipinski definition) is 3. The number of aryl methyl sites for hydroxylation is 1. The van der Waals surface area contributed by atoms with E-state index in [1.54, 1.807) is 31.1 Å². The minimum absolute atomic E-state index is 0.0627. The average Bonchev–Trinajstić information content (AvgIpc) is 3.61. The van der Waals surface area contributed by atoms with Crippen LogP contribution in [-0.2, 0) is 4.79 Å². The number of pyridine rings is 3. The van der Waals surface area contributed by atoms with Crippen LogP contribution in [0.25, 0.3) is 50.3 Å². The third kappa shape index (κ3) is 3.70. The molecule has 0 spiro atoms. The van der Waals surface area contributed by atoms with Gasteiger partial charge in [-0.1, -0.05) is 6.92 Å². The van der Waals surface area contributed by atoms with E-state index in [-0.39, 0.29) is 5.91 Å². The molecule has 0 fully saturated rings. The lowest BCUT2D eigenvalue weighted by Gasteiger charge is -2.06. The van der Waals surface area contributed by atoms with Crippen molar-refractivity contribution < 1.29 is 4.79 Å². The summed E-state index contributed by atoms with van der Waals surface area (Å²) in [5.74, 6) is -0.0627. The maximum absolute atomic E-state index is 11.8. The molecule has 0 saturated carbocycles. The predicted octanol–water partition coefficient (Wildman–Crippen LogP) is 4.41. The Morgan fingerprint density at radius 3 is 2.77 bits per heavy atom. The second-order valence-electron chi connectivity index (χ2n) is 8.26. The molecule has 0 aliphatic carbocycles. The van der Waals surface area contributed by atoms with E-state index >= 15 is 0 Å². The zero-order valence-electron chi connectivity index (χ0n) is 19.1. The van der Waals surface area contributed by atoms with Crippen LogP contribution in [0.15, 0.2) is 61.6 Å². The molecule has 0 atom stereocenters. The molecule has 6 aromatic heterocycles. The Hall–Kier alpha value is -4.86. The quantitative estimate of drug-likeness (QED) is 0.347. The summed E-state index contributed by atoms with van der Waals surface area (Å²) in [6.07, 6.45) is 11.1. The number of amides is 1. The fourth-order valence-corrected chi connectivity index (χ4v) is 4.10. The van der Waals surface area contributed by atoms with Crippen molar-refractivity contribution in [3.8, 4) is 28.2 Å². The third-order valence-corrected chi connectivity index (χ3v) is 5.85. The Balaban J connectivity index is 1.43. The van der Waals surface area contributed by atoms with E-state index in [9.17, 15) is 4.79 Å². The maximum atomic E-state index is 11.8. The molecule has 0 aromatic carbocycles. The summed E-state index contributed by atoms with van der Waals surface area (Å²) in [5, 5.41) is 12.2. The fourth-order valence-electron chi connectivity index (χ4n) is 4.10. The molecule has 0 radical (unpaired) electrons. The van der Waals surface area contributed by atoms with Gasteiger partial charge in [0.25, 0.3) is 0 Å². The first-order valence-electron chi connectivity index (χ1n) is 11.2. The van der Waals surface area contributed by atoms with Crippen molar-refractivity contribution >= 4 is 33.7 Å². The van der Waals surface area contributed by atoms with Gasteiger partial charge in [-0.25, -0.2) is 15.0 Å². The van der Waals surface area contributed by atoms with Crippen LogP contribution in [0.1, 0.15) is 19.0 Å². The Bertz CT molecular complexity index is 1710. The molecule has 1 amide bonds. The van der Waals surface area contributed by atoms with Gasteiger partial charge in [0.15, 0.2) is 5.65 Å². The van der Waals surface area contributed by atoms with E-state index in [0.29, 0.717) is 17.8 Å². The van der Waals surface area contributed by atoms with Crippen molar-refractivity contribution in [2.24, 2.45) is 0 Å². The number of anilines is 1. The van der Waals surface area contributed by atoms with Gasteiger partial charge in [-0.3, -0.25) is 14.9 Å². The van der Waals surface area contributed by atoms with Crippen LogP contribution in [0.4, 0.5) is 5.69 Å². The summed E-state index contributed by atoms with van der Waals surface area (Å²) in [7, 11) is 0. The molecule has 172 valence electrons. The van der Waals surface area contributed by atoms with Crippen LogP contribution in [0, 0.1) is 6.92 Å². The Morgan fingerprint density at radius 2 is 1.94 bits per heavy atom. The second-order valence-corrected chi connectivity index (χ2v) is 8.26. The van der Waals surface area contributed by atoms with Gasteiger partial charge in [0, 0.05) is 53.1 Å². The maximum Gasteiger partial charge on any atom is 0.224 e. The van der Waals surface area contributed by atoms with Crippen molar-refractivity contribution in [2.45, 2.75) is 20.3 Å². The molecule has 6 heterocycles. The minimum atomic E-state index is -0.0627. The molecule has 3 N–H and O–H groups in total. The minimum Gasteiger partial charge on any atom is -0.338 e. The van der Waals surface area contributed by atoms with E-state index in [1.807, 2.05) is 42.8 Å². The van der Waals surface area contributed by atoms with Crippen molar-refractivity contribution in [1.29, 1.82) is 0 Å². The predicted molar refractivity (Wildman–Crippen MR) is 133 cm³/mol. The first-order chi connectivity index (χ1) is 17.1. The number of hydrogen-bond acceptors (Lipinski definition) is 6. The molecule has 10 heteroatoms. The number of nitrogens with one attached hydrogen (secondary N) is 3. The molecule has 6 rings (SSSR count). The molecule has 6 aromatic rings. The van der Waals surface area contributed by atoms with E-state index in [2.05, 4.69) is 46.5 Å². The second kappa shape index (κ2) is 8.17. The fraction of sp³-hybridized carbons (Fsp3) is 0.120. The number of carbonyl (C=O) groups is 1. The van der Waals surface area contributed by atoms with Crippen LogP contribution in [0.5, 0.6) is 0 Å². The van der Waals surface area contributed by atoms with Crippen molar-refractivity contribution in [3.63, 3.8) is 0 Å². The van der Waals surface area contributed by atoms with Crippen molar-refractivity contribution in [3.05, 3.63) is 67.3 Å². The number of rotatable bonds is 5. The van der Waals surface area contributed by atoms with Crippen LogP contribution >= 0.6 is 0 Å².